The molecule has 0 aliphatic heterocycles. The molecule has 1 heterocycles. The van der Waals surface area contributed by atoms with Crippen molar-refractivity contribution in [2.45, 2.75) is 0 Å². The van der Waals surface area contributed by atoms with Gasteiger partial charge in [0.2, 0.25) is 0 Å². The largest absolute Gasteiger partial charge is 0.507 e. The highest BCUT2D eigenvalue weighted by molar-refractivity contribution is 14.1. The molecule has 24 heteroatoms. The lowest BCUT2D eigenvalue weighted by Gasteiger charge is -2.06. The summed E-state index contributed by atoms with van der Waals surface area (Å²) in [5.41, 5.74) is 12.3. The van der Waals surface area contributed by atoms with Crippen LogP contribution in [0.25, 0.3) is 64.8 Å². The molecule has 14 aromatic rings. The number of phenols is 8. The van der Waals surface area contributed by atoms with Gasteiger partial charge in [0.05, 0.1) is 52.2 Å². The number of hydrazone groups is 4. The number of halogens is 2. The Morgan fingerprint density at radius 3 is 1.31 bits per heavy atom. The van der Waals surface area contributed by atoms with E-state index in [0.717, 1.165) is 63.7 Å². The number of hydrogen-bond donors (Lipinski definition) is 12. The van der Waals surface area contributed by atoms with Gasteiger partial charge in [0.15, 0.2) is 28.8 Å². The standard InChI is InChI=1S/C22H16N2O3.C21H15IN2O4.C18H13BrN2O3.C18H14N2O4/c25-20-11-16-7-3-1-5-14(16)9-18(20)13-23-24-22(27)19-10-15-6-2-4-8-17(15)12-21(19)26;1-27-18-9-12(8-16(22)20(18)25)11-23-24-21(26)19-10-15-14-5-3-2-4-13(14)6-7-17(15)28-19;19-14-5-6-16(22)13(7-14)10-20-21-18(24)15-8-11-3-1-2-4-12(11)9-17(15)23;21-15-7-3-6-13(17(15)23)10-19-20-18(24)14-8-11-4-1-2-5-12(11)9-16(14)22/h1-13,25-26H,(H,24,27);2-11,25H,1H3,(H,24,26);1-10,22-23H,(H,21,24);1-10,21-23H,(H,20,24)/b23-13+;23-11+;20-10+;19-10+. The smallest absolute Gasteiger partial charge is 0.307 e. The van der Waals surface area contributed by atoms with Crippen molar-refractivity contribution in [3.63, 3.8) is 0 Å². The fourth-order valence-corrected chi connectivity index (χ4v) is 11.5. The molecule has 0 aliphatic rings. The molecule has 13 aromatic carbocycles. The summed E-state index contributed by atoms with van der Waals surface area (Å²) >= 11 is 5.29. The molecule has 4 amide bonds. The molecule has 0 saturated carbocycles. The minimum atomic E-state index is -0.589. The molecule has 0 radical (unpaired) electrons. The number of para-hydroxylation sites is 1. The second-order valence-electron chi connectivity index (χ2n) is 22.5. The molecule has 0 atom stereocenters. The monoisotopic (exact) mass is 1550 g/mol. The number of rotatable bonds is 13. The number of ether oxygens (including phenoxy) is 1. The average Bonchev–Trinajstić information content (AvgIpc) is 1.65. The molecule has 1 aromatic heterocycles. The SMILES string of the molecule is COc1cc(/C=N/NC(=O)c2cc3c(ccc4ccccc43)o2)cc(I)c1O.O=C(N/N=C/c1cc(Br)ccc1O)c1cc2ccccc2cc1O.O=C(N/N=C/c1cc2ccccc2cc1O)c1cc2ccccc2cc1O.O=C(N/N=C/c1cccc(O)c1O)c1cc2ccccc2cc1O. The van der Waals surface area contributed by atoms with Crippen molar-refractivity contribution in [2.24, 2.45) is 20.4 Å². The zero-order valence-electron chi connectivity index (χ0n) is 53.9. The maximum Gasteiger partial charge on any atom is 0.307 e. The topological polar surface area (TPSA) is 350 Å². The molecule has 0 saturated heterocycles. The number of benzene rings is 13. The first-order valence-electron chi connectivity index (χ1n) is 31.0. The maximum atomic E-state index is 12.4. The van der Waals surface area contributed by atoms with E-state index in [2.05, 4.69) is 58.0 Å². The van der Waals surface area contributed by atoms with Gasteiger partial charge in [-0.15, -0.1) is 0 Å². The van der Waals surface area contributed by atoms with Crippen molar-refractivity contribution in [1.29, 1.82) is 0 Å². The zero-order chi connectivity index (χ0) is 72.7. The molecule has 512 valence electrons. The summed E-state index contributed by atoms with van der Waals surface area (Å²) in [4.78, 5) is 49.1. The summed E-state index contributed by atoms with van der Waals surface area (Å²) in [6, 6.07) is 68.7. The number of furan rings is 1. The van der Waals surface area contributed by atoms with Crippen molar-refractivity contribution in [3.8, 4) is 51.7 Å². The lowest BCUT2D eigenvalue weighted by Crippen LogP contribution is -2.17. The molecular formula is C79H58BrIN8O14. The molecule has 12 N–H and O–H groups in total. The first-order valence-corrected chi connectivity index (χ1v) is 32.8. The first kappa shape index (κ1) is 71.0. The van der Waals surface area contributed by atoms with Crippen LogP contribution in [0.1, 0.15) is 63.9 Å². The fourth-order valence-electron chi connectivity index (χ4n) is 10.5. The van der Waals surface area contributed by atoms with E-state index in [9.17, 15) is 60.0 Å². The number of carbonyl (C=O) groups is 4. The highest BCUT2D eigenvalue weighted by atomic mass is 127. The molecule has 0 bridgehead atoms. The summed E-state index contributed by atoms with van der Waals surface area (Å²) in [6.07, 6.45) is 5.37. The van der Waals surface area contributed by atoms with Crippen LogP contribution in [0.4, 0.5) is 0 Å². The molecule has 14 rings (SSSR count). The van der Waals surface area contributed by atoms with Crippen LogP contribution in [0.5, 0.6) is 51.7 Å². The Hall–Kier alpha value is -13.3. The van der Waals surface area contributed by atoms with Crippen molar-refractivity contribution < 1.29 is 69.2 Å². The predicted molar refractivity (Wildman–Crippen MR) is 409 cm³/mol. The second kappa shape index (κ2) is 32.6. The Kier molecular flexibility index (Phi) is 22.4. The summed E-state index contributed by atoms with van der Waals surface area (Å²) in [7, 11) is 1.47. The van der Waals surface area contributed by atoms with E-state index in [-0.39, 0.29) is 74.0 Å². The maximum absolute atomic E-state index is 12.4. The van der Waals surface area contributed by atoms with Gasteiger partial charge in [-0.25, -0.2) is 21.7 Å². The third-order valence-electron chi connectivity index (χ3n) is 15.7. The molecule has 0 aliphatic carbocycles. The molecule has 22 nitrogen and oxygen atoms in total. The van der Waals surface area contributed by atoms with E-state index in [1.807, 2.05) is 156 Å². The fraction of sp³-hybridized carbons (Fsp3) is 0.0127. The van der Waals surface area contributed by atoms with Crippen molar-refractivity contribution >= 4 is 152 Å². The quantitative estimate of drug-likeness (QED) is 0.0221. The number of nitrogens with zero attached hydrogens (tertiary/aromatic N) is 4. The van der Waals surface area contributed by atoms with Crippen LogP contribution in [0.15, 0.2) is 266 Å². The number of methoxy groups -OCH3 is 1. The van der Waals surface area contributed by atoms with Gasteiger partial charge >= 0.3 is 5.91 Å². The molecule has 103 heavy (non-hydrogen) atoms. The molecule has 0 spiro atoms. The van der Waals surface area contributed by atoms with Crippen LogP contribution in [-0.4, -0.2) is 96.4 Å². The van der Waals surface area contributed by atoms with Crippen molar-refractivity contribution in [2.75, 3.05) is 7.11 Å². The van der Waals surface area contributed by atoms with Gasteiger partial charge in [0, 0.05) is 26.5 Å². The molecule has 0 unspecified atom stereocenters. The average molecular weight is 1550 g/mol. The van der Waals surface area contributed by atoms with Gasteiger partial charge < -0.3 is 50.0 Å². The summed E-state index contributed by atoms with van der Waals surface area (Å²) in [5.74, 6) is -2.40. The minimum Gasteiger partial charge on any atom is -0.507 e. The van der Waals surface area contributed by atoms with Crippen molar-refractivity contribution in [3.05, 3.63) is 289 Å². The number of nitrogens with one attached hydrogen (secondary N) is 4. The molecule has 0 fully saturated rings. The Bertz CT molecular complexity index is 5620. The number of carbonyl (C=O) groups excluding carboxylic acids is 4. The Balaban J connectivity index is 0.000000138. The Labute approximate surface area is 607 Å². The number of fused-ring (bicyclic) bond motifs is 7. The third-order valence-corrected chi connectivity index (χ3v) is 17.0. The second-order valence-corrected chi connectivity index (χ2v) is 24.6. The van der Waals surface area contributed by atoms with Gasteiger partial charge in [0.25, 0.3) is 17.7 Å². The summed E-state index contributed by atoms with van der Waals surface area (Å²) in [6.45, 7) is 0. The third kappa shape index (κ3) is 17.4. The van der Waals surface area contributed by atoms with Crippen LogP contribution in [0, 0.1) is 3.57 Å². The van der Waals surface area contributed by atoms with Gasteiger partial charge in [-0.1, -0.05) is 149 Å². The number of phenolic OH excluding ortho intramolecular Hbond substituents is 8. The van der Waals surface area contributed by atoms with Gasteiger partial charge in [-0.3, -0.25) is 19.2 Å². The van der Waals surface area contributed by atoms with E-state index < -0.39 is 23.6 Å². The number of amides is 4. The van der Waals surface area contributed by atoms with Crippen LogP contribution in [0.2, 0.25) is 0 Å². The van der Waals surface area contributed by atoms with Crippen molar-refractivity contribution in [1.82, 2.24) is 21.7 Å². The first-order chi connectivity index (χ1) is 49.8. The van der Waals surface area contributed by atoms with Crippen LogP contribution in [0.3, 0.4) is 0 Å². The van der Waals surface area contributed by atoms with E-state index in [1.54, 1.807) is 66.7 Å². The summed E-state index contributed by atoms with van der Waals surface area (Å²) < 4.78 is 12.2. The van der Waals surface area contributed by atoms with E-state index in [4.69, 9.17) is 9.15 Å². The highest BCUT2D eigenvalue weighted by Crippen LogP contribution is 2.34. The number of hydrogen-bond acceptors (Lipinski definition) is 18. The van der Waals surface area contributed by atoms with E-state index >= 15 is 0 Å². The summed E-state index contributed by atoms with van der Waals surface area (Å²) in [5, 5.41) is 104. The normalized spacial score (nSPS) is 11.2. The minimum absolute atomic E-state index is 0.0461. The number of aromatic hydroxyl groups is 8. The Morgan fingerprint density at radius 1 is 0.379 bits per heavy atom. The van der Waals surface area contributed by atoms with E-state index in [0.29, 0.717) is 31.6 Å². The Morgan fingerprint density at radius 2 is 0.806 bits per heavy atom. The van der Waals surface area contributed by atoms with E-state index in [1.165, 1.54) is 68.4 Å². The van der Waals surface area contributed by atoms with Gasteiger partial charge in [0.1, 0.15) is 34.3 Å². The van der Waals surface area contributed by atoms with Crippen LogP contribution < -0.4 is 26.4 Å². The predicted octanol–water partition coefficient (Wildman–Crippen LogP) is 15.3. The van der Waals surface area contributed by atoms with Crippen LogP contribution in [-0.2, 0) is 0 Å². The lowest BCUT2D eigenvalue weighted by atomic mass is 10.1. The lowest BCUT2D eigenvalue weighted by molar-refractivity contribution is 0.0925. The highest BCUT2D eigenvalue weighted by Gasteiger charge is 2.18. The van der Waals surface area contributed by atoms with Gasteiger partial charge in [-0.2, -0.15) is 20.4 Å². The molecular weight excluding hydrogens is 1490 g/mol. The zero-order valence-corrected chi connectivity index (χ0v) is 57.6. The van der Waals surface area contributed by atoms with Crippen LogP contribution >= 0.6 is 38.5 Å². The van der Waals surface area contributed by atoms with Gasteiger partial charge in [-0.05, 0) is 185 Å².